The molecule has 0 radical (unpaired) electrons. The van der Waals surface area contributed by atoms with Gasteiger partial charge in [0.05, 0.1) is 0 Å². The third-order valence-corrected chi connectivity index (χ3v) is 3.89. The van der Waals surface area contributed by atoms with Gasteiger partial charge in [-0.3, -0.25) is 0 Å². The molecule has 0 amide bonds. The zero-order valence-electron chi connectivity index (χ0n) is 7.46. The van der Waals surface area contributed by atoms with Crippen LogP contribution in [0.2, 0.25) is 0 Å². The molecule has 0 saturated heterocycles. The van der Waals surface area contributed by atoms with Crippen LogP contribution in [-0.2, 0) is 0 Å². The Morgan fingerprint density at radius 1 is 1.54 bits per heavy atom. The zero-order valence-corrected chi connectivity index (χ0v) is 8.27. The predicted octanol–water partition coefficient (Wildman–Crippen LogP) is 2.36. The minimum atomic E-state index is -0.106. The van der Waals surface area contributed by atoms with Crippen LogP contribution in [0, 0.1) is 5.82 Å². The van der Waals surface area contributed by atoms with Crippen molar-refractivity contribution in [1.29, 1.82) is 0 Å². The number of hydrogen-bond donors (Lipinski definition) is 1. The van der Waals surface area contributed by atoms with Gasteiger partial charge in [-0.25, -0.2) is 4.39 Å². The van der Waals surface area contributed by atoms with Gasteiger partial charge < -0.3 is 5.73 Å². The van der Waals surface area contributed by atoms with Crippen molar-refractivity contribution >= 4 is 11.8 Å². The summed E-state index contributed by atoms with van der Waals surface area (Å²) in [5, 5.41) is 0.400. The first-order valence-electron chi connectivity index (χ1n) is 4.39. The second-order valence-corrected chi connectivity index (χ2v) is 4.71. The van der Waals surface area contributed by atoms with Gasteiger partial charge in [0.15, 0.2) is 0 Å². The average molecular weight is 197 g/mol. The van der Waals surface area contributed by atoms with Crippen molar-refractivity contribution in [3.8, 4) is 0 Å². The molecule has 13 heavy (non-hydrogen) atoms. The molecule has 0 aliphatic carbocycles. The van der Waals surface area contributed by atoms with Gasteiger partial charge in [0.25, 0.3) is 0 Å². The normalized spacial score (nSPS) is 26.1. The van der Waals surface area contributed by atoms with Crippen molar-refractivity contribution in [3.05, 3.63) is 29.6 Å². The van der Waals surface area contributed by atoms with E-state index in [1.165, 1.54) is 6.07 Å². The minimum absolute atomic E-state index is 0.106. The number of thioether (sulfide) groups is 1. The van der Waals surface area contributed by atoms with Gasteiger partial charge in [-0.2, -0.15) is 0 Å². The molecule has 2 atom stereocenters. The first kappa shape index (κ1) is 9.03. The molecule has 1 aliphatic heterocycles. The first-order chi connectivity index (χ1) is 6.24. The highest BCUT2D eigenvalue weighted by atomic mass is 32.2. The summed E-state index contributed by atoms with van der Waals surface area (Å²) in [7, 11) is 0. The van der Waals surface area contributed by atoms with Crippen molar-refractivity contribution < 1.29 is 4.39 Å². The van der Waals surface area contributed by atoms with E-state index in [1.807, 2.05) is 6.07 Å². The SMILES string of the molecule is CC1Sc2c(F)cccc2C1CN. The molecule has 70 valence electrons. The van der Waals surface area contributed by atoms with E-state index in [-0.39, 0.29) is 5.82 Å². The molecule has 2 rings (SSSR count). The molecule has 0 saturated carbocycles. The van der Waals surface area contributed by atoms with Crippen molar-refractivity contribution in [2.24, 2.45) is 5.73 Å². The number of nitrogens with two attached hydrogens (primary N) is 1. The second kappa shape index (κ2) is 3.31. The Hall–Kier alpha value is -0.540. The topological polar surface area (TPSA) is 26.0 Å². The minimum Gasteiger partial charge on any atom is -0.330 e. The number of benzene rings is 1. The molecule has 1 aromatic carbocycles. The Balaban J connectivity index is 2.48. The van der Waals surface area contributed by atoms with E-state index >= 15 is 0 Å². The quantitative estimate of drug-likeness (QED) is 0.748. The van der Waals surface area contributed by atoms with E-state index < -0.39 is 0 Å². The predicted molar refractivity (Wildman–Crippen MR) is 53.5 cm³/mol. The van der Waals surface area contributed by atoms with E-state index in [1.54, 1.807) is 17.8 Å². The second-order valence-electron chi connectivity index (χ2n) is 3.32. The van der Waals surface area contributed by atoms with Crippen LogP contribution in [0.3, 0.4) is 0 Å². The van der Waals surface area contributed by atoms with E-state index in [2.05, 4.69) is 6.92 Å². The molecular weight excluding hydrogens is 185 g/mol. The summed E-state index contributed by atoms with van der Waals surface area (Å²) in [6.45, 7) is 2.70. The Labute approximate surface area is 81.5 Å². The summed E-state index contributed by atoms with van der Waals surface area (Å²) >= 11 is 1.60. The van der Waals surface area contributed by atoms with Gasteiger partial charge in [-0.15, -0.1) is 11.8 Å². The van der Waals surface area contributed by atoms with Gasteiger partial charge in [0.2, 0.25) is 0 Å². The van der Waals surface area contributed by atoms with Crippen molar-refractivity contribution in [3.63, 3.8) is 0 Å². The summed E-state index contributed by atoms with van der Waals surface area (Å²) in [5.41, 5.74) is 6.74. The van der Waals surface area contributed by atoms with E-state index in [9.17, 15) is 4.39 Å². The maximum Gasteiger partial charge on any atom is 0.137 e. The van der Waals surface area contributed by atoms with Gasteiger partial charge in [0, 0.05) is 22.6 Å². The molecule has 0 bridgehead atoms. The van der Waals surface area contributed by atoms with Crippen LogP contribution in [0.1, 0.15) is 18.4 Å². The lowest BCUT2D eigenvalue weighted by Gasteiger charge is -2.11. The van der Waals surface area contributed by atoms with E-state index in [4.69, 9.17) is 5.73 Å². The van der Waals surface area contributed by atoms with Crippen LogP contribution in [-0.4, -0.2) is 11.8 Å². The largest absolute Gasteiger partial charge is 0.330 e. The number of halogens is 1. The van der Waals surface area contributed by atoms with Crippen LogP contribution < -0.4 is 5.73 Å². The molecule has 1 nitrogen and oxygen atoms in total. The lowest BCUT2D eigenvalue weighted by molar-refractivity contribution is 0.594. The van der Waals surface area contributed by atoms with Crippen molar-refractivity contribution in [2.45, 2.75) is 23.0 Å². The van der Waals surface area contributed by atoms with E-state index in [0.29, 0.717) is 17.7 Å². The summed E-state index contributed by atoms with van der Waals surface area (Å²) in [6, 6.07) is 5.25. The van der Waals surface area contributed by atoms with Crippen LogP contribution in [0.25, 0.3) is 0 Å². The van der Waals surface area contributed by atoms with Crippen molar-refractivity contribution in [2.75, 3.05) is 6.54 Å². The third-order valence-electron chi connectivity index (χ3n) is 2.52. The zero-order chi connectivity index (χ0) is 9.42. The molecule has 1 aliphatic rings. The summed E-state index contributed by atoms with van der Waals surface area (Å²) in [6.07, 6.45) is 0. The standard InChI is InChI=1S/C10H12FNS/c1-6-8(5-12)7-3-2-4-9(11)10(7)13-6/h2-4,6,8H,5,12H2,1H3. The molecule has 0 aromatic heterocycles. The van der Waals surface area contributed by atoms with Crippen molar-refractivity contribution in [1.82, 2.24) is 0 Å². The lowest BCUT2D eigenvalue weighted by atomic mass is 9.97. The fourth-order valence-corrected chi connectivity index (χ4v) is 3.11. The average Bonchev–Trinajstić information content (AvgIpc) is 2.43. The highest BCUT2D eigenvalue weighted by molar-refractivity contribution is 8.00. The number of fused-ring (bicyclic) bond motifs is 1. The van der Waals surface area contributed by atoms with Gasteiger partial charge in [-0.05, 0) is 11.6 Å². The first-order valence-corrected chi connectivity index (χ1v) is 5.27. The Morgan fingerprint density at radius 2 is 2.31 bits per heavy atom. The Morgan fingerprint density at radius 3 is 3.00 bits per heavy atom. The third kappa shape index (κ3) is 1.36. The smallest absolute Gasteiger partial charge is 0.137 e. The fraction of sp³-hybridized carbons (Fsp3) is 0.400. The van der Waals surface area contributed by atoms with Gasteiger partial charge in [-0.1, -0.05) is 19.1 Å². The molecule has 3 heteroatoms. The van der Waals surface area contributed by atoms with E-state index in [0.717, 1.165) is 10.5 Å². The maximum atomic E-state index is 13.3. The molecular formula is C10H12FNS. The highest BCUT2D eigenvalue weighted by Crippen LogP contribution is 2.45. The van der Waals surface area contributed by atoms with Crippen LogP contribution in [0.5, 0.6) is 0 Å². The van der Waals surface area contributed by atoms with Gasteiger partial charge in [0.1, 0.15) is 5.82 Å². The molecule has 1 aromatic rings. The molecule has 0 fully saturated rings. The molecule has 1 heterocycles. The molecule has 2 unspecified atom stereocenters. The number of hydrogen-bond acceptors (Lipinski definition) is 2. The molecule has 2 N–H and O–H groups in total. The summed E-state index contributed by atoms with van der Waals surface area (Å²) in [5.74, 6) is 0.209. The summed E-state index contributed by atoms with van der Waals surface area (Å²) < 4.78 is 13.3. The Kier molecular flexibility index (Phi) is 2.30. The van der Waals surface area contributed by atoms with Gasteiger partial charge >= 0.3 is 0 Å². The lowest BCUT2D eigenvalue weighted by Crippen LogP contribution is -2.17. The summed E-state index contributed by atoms with van der Waals surface area (Å²) in [4.78, 5) is 0.797. The van der Waals surface area contributed by atoms with Crippen LogP contribution in [0.4, 0.5) is 4.39 Å². The fourth-order valence-electron chi connectivity index (χ4n) is 1.78. The number of rotatable bonds is 1. The monoisotopic (exact) mass is 197 g/mol. The highest BCUT2D eigenvalue weighted by Gasteiger charge is 2.30. The van der Waals surface area contributed by atoms with Crippen LogP contribution >= 0.6 is 11.8 Å². The maximum absolute atomic E-state index is 13.3. The van der Waals surface area contributed by atoms with Crippen LogP contribution in [0.15, 0.2) is 23.1 Å². The molecule has 0 spiro atoms. The Bertz CT molecular complexity index is 327.